The third-order valence-corrected chi connectivity index (χ3v) is 3.42. The van der Waals surface area contributed by atoms with Crippen molar-refractivity contribution < 1.29 is 9.90 Å². The Morgan fingerprint density at radius 1 is 0.667 bits per heavy atom. The summed E-state index contributed by atoms with van der Waals surface area (Å²) in [5.74, 6) is -0.677. The summed E-state index contributed by atoms with van der Waals surface area (Å²) >= 11 is 0. The molecule has 0 amide bonds. The van der Waals surface area contributed by atoms with Crippen molar-refractivity contribution in [2.75, 3.05) is 0 Å². The first kappa shape index (κ1) is 21.9. The van der Waals surface area contributed by atoms with E-state index in [1.165, 1.54) is 25.7 Å². The highest BCUT2D eigenvalue weighted by Crippen LogP contribution is 2.09. The maximum Gasteiger partial charge on any atom is 0.303 e. The van der Waals surface area contributed by atoms with Crippen molar-refractivity contribution in [1.82, 2.24) is 0 Å². The molecule has 24 heavy (non-hydrogen) atoms. The summed E-state index contributed by atoms with van der Waals surface area (Å²) in [7, 11) is 0. The van der Waals surface area contributed by atoms with Gasteiger partial charge in [-0.3, -0.25) is 4.79 Å². The van der Waals surface area contributed by atoms with Crippen LogP contribution in [0, 0.1) is 0 Å². The van der Waals surface area contributed by atoms with Gasteiger partial charge in [0.25, 0.3) is 0 Å². The minimum absolute atomic E-state index is 0.316. The molecule has 0 radical (unpaired) electrons. The van der Waals surface area contributed by atoms with Crippen LogP contribution in [0.5, 0.6) is 0 Å². The summed E-state index contributed by atoms with van der Waals surface area (Å²) < 4.78 is 0. The van der Waals surface area contributed by atoms with Crippen LogP contribution in [0.4, 0.5) is 0 Å². The van der Waals surface area contributed by atoms with E-state index in [4.69, 9.17) is 5.11 Å². The molecular weight excluding hydrogens is 296 g/mol. The highest BCUT2D eigenvalue weighted by atomic mass is 16.4. The minimum Gasteiger partial charge on any atom is -0.481 e. The predicted molar refractivity (Wildman–Crippen MR) is 105 cm³/mol. The van der Waals surface area contributed by atoms with Crippen molar-refractivity contribution in [2.45, 2.75) is 57.8 Å². The Morgan fingerprint density at radius 3 is 1.67 bits per heavy atom. The smallest absolute Gasteiger partial charge is 0.303 e. The second-order valence-electron chi connectivity index (χ2n) is 5.61. The van der Waals surface area contributed by atoms with Crippen LogP contribution in [0.3, 0.4) is 0 Å². The van der Waals surface area contributed by atoms with Crippen LogP contribution in [0.25, 0.3) is 0 Å². The van der Waals surface area contributed by atoms with Gasteiger partial charge >= 0.3 is 5.97 Å². The molecule has 132 valence electrons. The molecule has 0 heterocycles. The Bertz CT molecular complexity index is 451. The van der Waals surface area contributed by atoms with Gasteiger partial charge < -0.3 is 5.11 Å². The summed E-state index contributed by atoms with van der Waals surface area (Å²) in [6.45, 7) is 3.60. The van der Waals surface area contributed by atoms with Crippen molar-refractivity contribution in [3.63, 3.8) is 0 Å². The van der Waals surface area contributed by atoms with Crippen LogP contribution in [0.15, 0.2) is 73.4 Å². The van der Waals surface area contributed by atoms with Crippen molar-refractivity contribution in [3.05, 3.63) is 73.4 Å². The quantitative estimate of drug-likeness (QED) is 0.273. The molecular formula is C22H32O2. The molecule has 0 spiro atoms. The summed E-state index contributed by atoms with van der Waals surface area (Å²) in [6, 6.07) is 0. The van der Waals surface area contributed by atoms with Gasteiger partial charge in [-0.2, -0.15) is 0 Å². The van der Waals surface area contributed by atoms with Gasteiger partial charge in [0.1, 0.15) is 0 Å². The molecule has 2 heteroatoms. The number of aliphatic carboxylic acids is 1. The molecule has 0 bridgehead atoms. The van der Waals surface area contributed by atoms with Gasteiger partial charge in [-0.1, -0.05) is 106 Å². The summed E-state index contributed by atoms with van der Waals surface area (Å²) in [5, 5.41) is 8.53. The largest absolute Gasteiger partial charge is 0.481 e. The van der Waals surface area contributed by atoms with Crippen LogP contribution in [-0.4, -0.2) is 11.1 Å². The molecule has 0 saturated carbocycles. The lowest BCUT2D eigenvalue weighted by atomic mass is 10.1. The number of rotatable bonds is 15. The Morgan fingerprint density at radius 2 is 1.12 bits per heavy atom. The van der Waals surface area contributed by atoms with E-state index in [-0.39, 0.29) is 0 Å². The lowest BCUT2D eigenvalue weighted by Crippen LogP contribution is -1.93. The Hall–Kier alpha value is -2.09. The van der Waals surface area contributed by atoms with Gasteiger partial charge in [0.05, 0.1) is 0 Å². The maximum absolute atomic E-state index is 10.4. The Balaban J connectivity index is 3.40. The van der Waals surface area contributed by atoms with E-state index >= 15 is 0 Å². The first-order chi connectivity index (χ1) is 11.8. The number of unbranched alkanes of at least 4 members (excludes halogenated alkanes) is 7. The normalized spacial score (nSPS) is 12.5. The van der Waals surface area contributed by atoms with Crippen LogP contribution in [0.1, 0.15) is 57.8 Å². The fourth-order valence-electron chi connectivity index (χ4n) is 2.12. The van der Waals surface area contributed by atoms with E-state index in [9.17, 15) is 4.79 Å². The van der Waals surface area contributed by atoms with Gasteiger partial charge in [-0.15, -0.1) is 0 Å². The molecule has 2 nitrogen and oxygen atoms in total. The molecule has 0 aromatic rings. The fourth-order valence-corrected chi connectivity index (χ4v) is 2.12. The first-order valence-corrected chi connectivity index (χ1v) is 8.93. The molecule has 1 N–H and O–H groups in total. The van der Waals surface area contributed by atoms with Crippen LogP contribution >= 0.6 is 0 Å². The highest BCUT2D eigenvalue weighted by Gasteiger charge is 1.96. The lowest BCUT2D eigenvalue weighted by molar-refractivity contribution is -0.137. The molecule has 0 unspecified atom stereocenters. The second-order valence-corrected chi connectivity index (χ2v) is 5.61. The van der Waals surface area contributed by atoms with E-state index in [0.29, 0.717) is 6.42 Å². The van der Waals surface area contributed by atoms with Crippen molar-refractivity contribution >= 4 is 5.97 Å². The lowest BCUT2D eigenvalue weighted by Gasteiger charge is -1.99. The SMILES string of the molecule is C=CC=CC=CC=CC=CC=CCCCCCCCCCC(=O)O. The zero-order valence-corrected chi connectivity index (χ0v) is 14.8. The number of carboxylic acids is 1. The first-order valence-electron chi connectivity index (χ1n) is 8.93. The van der Waals surface area contributed by atoms with E-state index in [1.807, 2.05) is 48.6 Å². The van der Waals surface area contributed by atoms with E-state index < -0.39 is 5.97 Å². The van der Waals surface area contributed by atoms with Gasteiger partial charge in [0.15, 0.2) is 0 Å². The number of allylic oxidation sites excluding steroid dienone is 11. The van der Waals surface area contributed by atoms with Crippen LogP contribution in [0.2, 0.25) is 0 Å². The zero-order chi connectivity index (χ0) is 17.7. The molecule has 0 aliphatic heterocycles. The van der Waals surface area contributed by atoms with Crippen molar-refractivity contribution in [2.24, 2.45) is 0 Å². The van der Waals surface area contributed by atoms with Crippen molar-refractivity contribution in [1.29, 1.82) is 0 Å². The van der Waals surface area contributed by atoms with Gasteiger partial charge in [-0.25, -0.2) is 0 Å². The third kappa shape index (κ3) is 19.9. The topological polar surface area (TPSA) is 37.3 Å². The summed E-state index contributed by atoms with van der Waals surface area (Å²) in [5.41, 5.74) is 0. The third-order valence-electron chi connectivity index (χ3n) is 3.42. The summed E-state index contributed by atoms with van der Waals surface area (Å²) in [4.78, 5) is 10.4. The average Bonchev–Trinajstić information content (AvgIpc) is 2.56. The van der Waals surface area contributed by atoms with Crippen molar-refractivity contribution in [3.8, 4) is 0 Å². The standard InChI is InChI=1S/C22H32O2/c1-2-3-4-5-6-7-8-9-10-11-12-13-14-15-16-17-18-19-20-21-22(23)24/h2-12H,1,13-21H2,(H,23,24). The Labute approximate surface area is 147 Å². The van der Waals surface area contributed by atoms with Gasteiger partial charge in [0, 0.05) is 6.42 Å². The number of hydrogen-bond acceptors (Lipinski definition) is 1. The molecule has 0 aromatic heterocycles. The van der Waals surface area contributed by atoms with E-state index in [0.717, 1.165) is 25.7 Å². The molecule has 0 atom stereocenters. The fraction of sp³-hybridized carbons (Fsp3) is 0.409. The molecule has 0 aromatic carbocycles. The number of hydrogen-bond donors (Lipinski definition) is 1. The van der Waals surface area contributed by atoms with E-state index in [2.05, 4.69) is 18.7 Å². The predicted octanol–water partition coefficient (Wildman–Crippen LogP) is 6.55. The summed E-state index contributed by atoms with van der Waals surface area (Å²) in [6.07, 6.45) is 31.3. The van der Waals surface area contributed by atoms with Crippen LogP contribution < -0.4 is 0 Å². The van der Waals surface area contributed by atoms with Crippen LogP contribution in [-0.2, 0) is 4.79 Å². The molecule has 0 saturated heterocycles. The second kappa shape index (κ2) is 19.0. The molecule has 0 aliphatic carbocycles. The number of carbonyl (C=O) groups is 1. The van der Waals surface area contributed by atoms with Gasteiger partial charge in [-0.05, 0) is 19.3 Å². The molecule has 0 aliphatic rings. The minimum atomic E-state index is -0.677. The zero-order valence-electron chi connectivity index (χ0n) is 14.8. The highest BCUT2D eigenvalue weighted by molar-refractivity contribution is 5.66. The monoisotopic (exact) mass is 328 g/mol. The average molecular weight is 328 g/mol. The van der Waals surface area contributed by atoms with E-state index in [1.54, 1.807) is 6.08 Å². The Kier molecular flexibility index (Phi) is 17.3. The number of carboxylic acid groups (broad SMARTS) is 1. The maximum atomic E-state index is 10.4. The molecule has 0 rings (SSSR count). The molecule has 0 fully saturated rings. The van der Waals surface area contributed by atoms with Gasteiger partial charge in [0.2, 0.25) is 0 Å².